The Morgan fingerprint density at radius 1 is 1.08 bits per heavy atom. The van der Waals surface area contributed by atoms with Crippen molar-refractivity contribution in [1.82, 2.24) is 10.5 Å². The lowest BCUT2D eigenvalue weighted by Crippen LogP contribution is -2.20. The van der Waals surface area contributed by atoms with E-state index in [2.05, 4.69) is 28.0 Å². The number of nitrogens with zero attached hydrogens (tertiary/aromatic N) is 1. The van der Waals surface area contributed by atoms with Crippen molar-refractivity contribution in [3.63, 3.8) is 0 Å². The second kappa shape index (κ2) is 7.17. The number of thiophene rings is 2. The van der Waals surface area contributed by atoms with Crippen LogP contribution in [0.25, 0.3) is 21.5 Å². The normalized spacial score (nSPS) is 11.2. The van der Waals surface area contributed by atoms with Gasteiger partial charge in [0.2, 0.25) is 0 Å². The number of aromatic nitrogens is 1. The molecule has 0 saturated heterocycles. The van der Waals surface area contributed by atoms with Gasteiger partial charge in [-0.25, -0.2) is 0 Å². The molecule has 0 bridgehead atoms. The van der Waals surface area contributed by atoms with E-state index in [0.29, 0.717) is 6.61 Å². The third-order valence-corrected chi connectivity index (χ3v) is 5.39. The Morgan fingerprint density at radius 2 is 2.08 bits per heavy atom. The molecule has 0 unspecified atom stereocenters. The minimum Gasteiger partial charge on any atom is -0.492 e. The molecule has 3 heterocycles. The van der Waals surface area contributed by atoms with Crippen LogP contribution in [0.2, 0.25) is 0 Å². The van der Waals surface area contributed by atoms with Gasteiger partial charge in [0.1, 0.15) is 22.8 Å². The fourth-order valence-electron chi connectivity index (χ4n) is 2.46. The van der Waals surface area contributed by atoms with E-state index in [0.717, 1.165) is 40.4 Å². The molecule has 1 N–H and O–H groups in total. The van der Waals surface area contributed by atoms with Gasteiger partial charge in [0.15, 0.2) is 5.58 Å². The highest BCUT2D eigenvalue weighted by Crippen LogP contribution is 2.33. The van der Waals surface area contributed by atoms with Gasteiger partial charge in [-0.1, -0.05) is 23.4 Å². The summed E-state index contributed by atoms with van der Waals surface area (Å²) in [5, 5.41) is 11.7. The summed E-state index contributed by atoms with van der Waals surface area (Å²) < 4.78 is 12.3. The Kier molecular flexibility index (Phi) is 4.60. The predicted molar refractivity (Wildman–Crippen MR) is 98.8 cm³/mol. The van der Waals surface area contributed by atoms with Crippen molar-refractivity contribution in [3.8, 4) is 17.0 Å². The molecule has 6 heteroatoms. The topological polar surface area (TPSA) is 47.3 Å². The van der Waals surface area contributed by atoms with Crippen LogP contribution in [0.3, 0.4) is 0 Å². The molecule has 24 heavy (non-hydrogen) atoms. The van der Waals surface area contributed by atoms with Gasteiger partial charge in [-0.3, -0.25) is 0 Å². The molecule has 0 saturated carbocycles. The van der Waals surface area contributed by atoms with Crippen LogP contribution in [0, 0.1) is 0 Å². The highest BCUT2D eigenvalue weighted by Gasteiger charge is 2.12. The van der Waals surface area contributed by atoms with Crippen LogP contribution >= 0.6 is 22.7 Å². The molecule has 4 nitrogen and oxygen atoms in total. The van der Waals surface area contributed by atoms with Gasteiger partial charge in [0.25, 0.3) is 0 Å². The average Bonchev–Trinajstić information content (AvgIpc) is 3.33. The monoisotopic (exact) mass is 356 g/mol. The first-order valence-electron chi connectivity index (χ1n) is 7.69. The number of hydrogen-bond acceptors (Lipinski definition) is 6. The summed E-state index contributed by atoms with van der Waals surface area (Å²) in [5.41, 5.74) is 2.72. The number of rotatable bonds is 7. The van der Waals surface area contributed by atoms with E-state index in [9.17, 15) is 0 Å². The van der Waals surface area contributed by atoms with Crippen LogP contribution in [-0.4, -0.2) is 18.3 Å². The second-order valence-corrected chi connectivity index (χ2v) is 7.23. The van der Waals surface area contributed by atoms with Crippen LogP contribution in [0.5, 0.6) is 5.75 Å². The maximum atomic E-state index is 5.84. The first-order chi connectivity index (χ1) is 11.9. The summed E-state index contributed by atoms with van der Waals surface area (Å²) in [6.45, 7) is 2.32. The van der Waals surface area contributed by atoms with E-state index >= 15 is 0 Å². The van der Waals surface area contributed by atoms with E-state index < -0.39 is 0 Å². The zero-order valence-electron chi connectivity index (χ0n) is 12.9. The molecule has 0 fully saturated rings. The lowest BCUT2D eigenvalue weighted by molar-refractivity contribution is 0.314. The second-order valence-electron chi connectivity index (χ2n) is 5.28. The molecule has 122 valence electrons. The van der Waals surface area contributed by atoms with Crippen molar-refractivity contribution in [1.29, 1.82) is 0 Å². The quantitative estimate of drug-likeness (QED) is 0.484. The van der Waals surface area contributed by atoms with Gasteiger partial charge in [-0.15, -0.1) is 22.7 Å². The molecule has 0 amide bonds. The molecule has 1 aromatic carbocycles. The molecular formula is C18H16N2O2S2. The van der Waals surface area contributed by atoms with Gasteiger partial charge < -0.3 is 14.6 Å². The van der Waals surface area contributed by atoms with Crippen LogP contribution in [0.15, 0.2) is 57.7 Å². The van der Waals surface area contributed by atoms with E-state index in [4.69, 9.17) is 9.26 Å². The summed E-state index contributed by atoms with van der Waals surface area (Å²) in [6, 6.07) is 14.1. The first-order valence-corrected chi connectivity index (χ1v) is 9.45. The number of ether oxygens (including phenoxy) is 1. The lowest BCUT2D eigenvalue weighted by atomic mass is 10.1. The van der Waals surface area contributed by atoms with Crippen LogP contribution in [0.1, 0.15) is 4.88 Å². The third kappa shape index (κ3) is 3.36. The molecule has 3 aromatic heterocycles. The fraction of sp³-hybridized carbons (Fsp3) is 0.167. The van der Waals surface area contributed by atoms with E-state index in [1.165, 1.54) is 4.88 Å². The molecule has 0 atom stereocenters. The van der Waals surface area contributed by atoms with Gasteiger partial charge in [0.05, 0.1) is 0 Å². The predicted octanol–water partition coefficient (Wildman–Crippen LogP) is 4.79. The molecule has 4 rings (SSSR count). The van der Waals surface area contributed by atoms with Crippen molar-refractivity contribution >= 4 is 33.0 Å². The summed E-state index contributed by atoms with van der Waals surface area (Å²) in [7, 11) is 0. The SMILES string of the molecule is c1cc(OCCNCc2cccs2)cc(-c2noc3ccsc23)c1. The molecule has 0 aliphatic rings. The van der Waals surface area contributed by atoms with Crippen LogP contribution < -0.4 is 10.1 Å². The highest BCUT2D eigenvalue weighted by atomic mass is 32.1. The molecular weight excluding hydrogens is 340 g/mol. The summed E-state index contributed by atoms with van der Waals surface area (Å²) in [5.74, 6) is 0.845. The van der Waals surface area contributed by atoms with E-state index in [-0.39, 0.29) is 0 Å². The molecule has 4 aromatic rings. The van der Waals surface area contributed by atoms with E-state index in [1.807, 2.05) is 35.7 Å². The Balaban J connectivity index is 1.35. The van der Waals surface area contributed by atoms with Crippen LogP contribution in [-0.2, 0) is 6.54 Å². The van der Waals surface area contributed by atoms with Gasteiger partial charge in [-0.05, 0) is 35.0 Å². The van der Waals surface area contributed by atoms with Crippen molar-refractivity contribution < 1.29 is 9.26 Å². The van der Waals surface area contributed by atoms with Crippen molar-refractivity contribution in [3.05, 3.63) is 58.1 Å². The molecule has 0 aliphatic carbocycles. The zero-order valence-corrected chi connectivity index (χ0v) is 14.5. The Labute approximate surface area is 147 Å². The number of fused-ring (bicyclic) bond motifs is 1. The highest BCUT2D eigenvalue weighted by molar-refractivity contribution is 7.17. The molecule has 0 aliphatic heterocycles. The van der Waals surface area contributed by atoms with Gasteiger partial charge in [0, 0.05) is 23.5 Å². The van der Waals surface area contributed by atoms with Gasteiger partial charge in [-0.2, -0.15) is 0 Å². The number of benzene rings is 1. The first kappa shape index (κ1) is 15.4. The van der Waals surface area contributed by atoms with Crippen molar-refractivity contribution in [2.45, 2.75) is 6.54 Å². The Hall–Kier alpha value is -2.15. The molecule has 0 spiro atoms. The summed E-state index contributed by atoms with van der Waals surface area (Å²) >= 11 is 3.40. The fourth-order valence-corrected chi connectivity index (χ4v) is 3.95. The van der Waals surface area contributed by atoms with Crippen LogP contribution in [0.4, 0.5) is 0 Å². The maximum absolute atomic E-state index is 5.84. The largest absolute Gasteiger partial charge is 0.492 e. The molecule has 0 radical (unpaired) electrons. The third-order valence-electron chi connectivity index (χ3n) is 3.61. The summed E-state index contributed by atoms with van der Waals surface area (Å²) in [6.07, 6.45) is 0. The van der Waals surface area contributed by atoms with Crippen molar-refractivity contribution in [2.75, 3.05) is 13.2 Å². The zero-order chi connectivity index (χ0) is 16.2. The Bertz CT molecular complexity index is 912. The average molecular weight is 356 g/mol. The van der Waals surface area contributed by atoms with Crippen molar-refractivity contribution in [2.24, 2.45) is 0 Å². The lowest BCUT2D eigenvalue weighted by Gasteiger charge is -2.08. The smallest absolute Gasteiger partial charge is 0.178 e. The number of nitrogens with one attached hydrogen (secondary N) is 1. The Morgan fingerprint density at radius 3 is 3.00 bits per heavy atom. The number of hydrogen-bond donors (Lipinski definition) is 1. The maximum Gasteiger partial charge on any atom is 0.178 e. The minimum absolute atomic E-state index is 0.627. The standard InChI is InChI=1S/C18H16N2O2S2/c1-3-13(17-18-16(22-20-17)6-10-24-18)11-14(4-1)21-8-7-19-12-15-5-2-9-23-15/h1-6,9-11,19H,7-8,12H2. The minimum atomic E-state index is 0.627. The summed E-state index contributed by atoms with van der Waals surface area (Å²) in [4.78, 5) is 1.34. The van der Waals surface area contributed by atoms with E-state index in [1.54, 1.807) is 22.7 Å². The van der Waals surface area contributed by atoms with Gasteiger partial charge >= 0.3 is 0 Å².